The first-order chi connectivity index (χ1) is 19.2. The number of nitrogens with one attached hydrogen (secondary N) is 2. The van der Waals surface area contributed by atoms with Gasteiger partial charge in [-0.15, -0.1) is 0 Å². The quantitative estimate of drug-likeness (QED) is 0.241. The summed E-state index contributed by atoms with van der Waals surface area (Å²) in [6, 6.07) is 18.3. The van der Waals surface area contributed by atoms with Crippen molar-refractivity contribution in [3.8, 4) is 5.75 Å². The number of likely N-dealkylation sites (tertiary alicyclic amines) is 1. The fourth-order valence-electron chi connectivity index (χ4n) is 4.86. The normalized spacial score (nSPS) is 16.0. The molecule has 1 aromatic heterocycles. The average molecular weight is 580 g/mol. The molecule has 1 unspecified atom stereocenters. The van der Waals surface area contributed by atoms with E-state index in [4.69, 9.17) is 16.3 Å². The summed E-state index contributed by atoms with van der Waals surface area (Å²) in [5, 5.41) is 3.48. The first-order valence-electron chi connectivity index (χ1n) is 12.9. The van der Waals surface area contributed by atoms with Gasteiger partial charge in [-0.05, 0) is 68.8 Å². The number of nitrogens with zero attached hydrogens (tertiary/aromatic N) is 3. The summed E-state index contributed by atoms with van der Waals surface area (Å²) in [7, 11) is -0.540. The van der Waals surface area contributed by atoms with Crippen LogP contribution in [-0.2, 0) is 10.0 Å². The minimum absolute atomic E-state index is 0.0143. The number of ether oxygens (including phenoxy) is 1. The van der Waals surface area contributed by atoms with E-state index < -0.39 is 10.0 Å². The van der Waals surface area contributed by atoms with Crippen molar-refractivity contribution < 1.29 is 17.9 Å². The van der Waals surface area contributed by atoms with Crippen molar-refractivity contribution in [1.82, 2.24) is 14.9 Å². The van der Waals surface area contributed by atoms with Crippen LogP contribution in [0.3, 0.4) is 0 Å². The lowest BCUT2D eigenvalue weighted by molar-refractivity contribution is 0.0930. The topological polar surface area (TPSA) is 114 Å². The predicted octanol–water partition coefficient (Wildman–Crippen LogP) is 5.75. The number of rotatable bonds is 9. The monoisotopic (exact) mass is 579 g/mol. The number of hydrogen-bond donors (Lipinski definition) is 2. The van der Waals surface area contributed by atoms with Crippen LogP contribution in [0.1, 0.15) is 29.6 Å². The Bertz CT molecular complexity index is 1660. The van der Waals surface area contributed by atoms with Gasteiger partial charge in [-0.25, -0.2) is 18.4 Å². The van der Waals surface area contributed by atoms with Crippen molar-refractivity contribution in [3.63, 3.8) is 0 Å². The molecule has 0 spiro atoms. The van der Waals surface area contributed by atoms with Crippen molar-refractivity contribution in [2.24, 2.45) is 5.92 Å². The number of hydrogen-bond acceptors (Lipinski definition) is 8. The SMILES string of the molecule is COc1ccc(Cl)c(Nc2nc3ccccc3nc2NS(=O)(=O)c2cccc(C(=O)CC3CCCN(C)C3)c2)c1. The minimum Gasteiger partial charge on any atom is -0.497 e. The van der Waals surface area contributed by atoms with Crippen molar-refractivity contribution in [2.45, 2.75) is 24.2 Å². The summed E-state index contributed by atoms with van der Waals surface area (Å²) in [6.07, 6.45) is 2.42. The van der Waals surface area contributed by atoms with E-state index in [1.54, 1.807) is 48.5 Å². The minimum atomic E-state index is -4.13. The van der Waals surface area contributed by atoms with Crippen molar-refractivity contribution >= 4 is 55.8 Å². The number of fused-ring (bicyclic) bond motifs is 1. The number of carbonyl (C=O) groups excluding carboxylic acids is 1. The van der Waals surface area contributed by atoms with Gasteiger partial charge in [0.1, 0.15) is 5.75 Å². The van der Waals surface area contributed by atoms with Crippen molar-refractivity contribution in [2.75, 3.05) is 37.3 Å². The molecule has 2 N–H and O–H groups in total. The first-order valence-corrected chi connectivity index (χ1v) is 14.8. The highest BCUT2D eigenvalue weighted by Gasteiger charge is 2.24. The van der Waals surface area contributed by atoms with Crippen LogP contribution >= 0.6 is 11.6 Å². The summed E-state index contributed by atoms with van der Waals surface area (Å²) in [4.78, 5) is 24.4. The van der Waals surface area contributed by atoms with Crippen LogP contribution in [0.25, 0.3) is 11.0 Å². The zero-order valence-corrected chi connectivity index (χ0v) is 23.8. The Labute approximate surface area is 238 Å². The molecule has 1 saturated heterocycles. The van der Waals surface area contributed by atoms with E-state index >= 15 is 0 Å². The molecule has 0 radical (unpaired) electrons. The number of aromatic nitrogens is 2. The highest BCUT2D eigenvalue weighted by Crippen LogP contribution is 2.33. The third-order valence-electron chi connectivity index (χ3n) is 6.89. The summed E-state index contributed by atoms with van der Waals surface area (Å²) in [5.41, 5.74) is 1.89. The van der Waals surface area contributed by atoms with Crippen LogP contribution in [-0.4, -0.2) is 56.3 Å². The number of halogens is 1. The Morgan fingerprint density at radius 1 is 1.05 bits per heavy atom. The third-order valence-corrected chi connectivity index (χ3v) is 8.56. The van der Waals surface area contributed by atoms with E-state index in [2.05, 4.69) is 32.0 Å². The smallest absolute Gasteiger partial charge is 0.263 e. The number of methoxy groups -OCH3 is 1. The number of anilines is 3. The van der Waals surface area contributed by atoms with Gasteiger partial charge >= 0.3 is 0 Å². The van der Waals surface area contributed by atoms with Gasteiger partial charge in [-0.3, -0.25) is 9.52 Å². The number of benzene rings is 3. The van der Waals surface area contributed by atoms with Gasteiger partial charge in [0.25, 0.3) is 10.0 Å². The van der Waals surface area contributed by atoms with E-state index in [1.807, 2.05) is 6.07 Å². The van der Waals surface area contributed by atoms with Crippen LogP contribution < -0.4 is 14.8 Å². The number of para-hydroxylation sites is 2. The fourth-order valence-corrected chi connectivity index (χ4v) is 6.08. The Hall–Kier alpha value is -3.73. The summed E-state index contributed by atoms with van der Waals surface area (Å²) in [6.45, 7) is 1.89. The molecular weight excluding hydrogens is 550 g/mol. The molecule has 0 saturated carbocycles. The molecule has 2 heterocycles. The number of ketones is 1. The summed E-state index contributed by atoms with van der Waals surface area (Å²) < 4.78 is 34.9. The van der Waals surface area contributed by atoms with E-state index in [9.17, 15) is 13.2 Å². The molecular formula is C29H30ClN5O4S. The number of sulfonamides is 1. The molecule has 1 atom stereocenters. The number of carbonyl (C=O) groups is 1. The second-order valence-corrected chi connectivity index (χ2v) is 12.0. The molecule has 0 aliphatic carbocycles. The Morgan fingerprint density at radius 2 is 1.80 bits per heavy atom. The molecule has 5 rings (SSSR count). The van der Waals surface area contributed by atoms with Crippen LogP contribution in [0.15, 0.2) is 71.6 Å². The van der Waals surface area contributed by atoms with Crippen LogP contribution in [0.4, 0.5) is 17.3 Å². The maximum atomic E-state index is 13.5. The lowest BCUT2D eigenvalue weighted by atomic mass is 9.91. The maximum Gasteiger partial charge on any atom is 0.263 e. The zero-order valence-electron chi connectivity index (χ0n) is 22.2. The molecule has 4 aromatic rings. The molecule has 0 amide bonds. The van der Waals surface area contributed by atoms with Crippen LogP contribution in [0, 0.1) is 5.92 Å². The van der Waals surface area contributed by atoms with Gasteiger partial charge in [0.05, 0.1) is 33.7 Å². The van der Waals surface area contributed by atoms with E-state index in [0.29, 0.717) is 39.5 Å². The van der Waals surface area contributed by atoms with Crippen molar-refractivity contribution in [1.29, 1.82) is 0 Å². The molecule has 1 fully saturated rings. The molecule has 0 bridgehead atoms. The van der Waals surface area contributed by atoms with Crippen LogP contribution in [0.2, 0.25) is 5.02 Å². The van der Waals surface area contributed by atoms with E-state index in [-0.39, 0.29) is 28.2 Å². The van der Waals surface area contributed by atoms with Crippen LogP contribution in [0.5, 0.6) is 5.75 Å². The zero-order chi connectivity index (χ0) is 28.3. The molecule has 1 aliphatic heterocycles. The maximum absolute atomic E-state index is 13.5. The summed E-state index contributed by atoms with van der Waals surface area (Å²) in [5.74, 6) is 0.891. The highest BCUT2D eigenvalue weighted by molar-refractivity contribution is 7.92. The highest BCUT2D eigenvalue weighted by atomic mass is 35.5. The lowest BCUT2D eigenvalue weighted by Gasteiger charge is -2.29. The molecule has 208 valence electrons. The second-order valence-electron chi connectivity index (χ2n) is 9.91. The van der Waals surface area contributed by atoms with E-state index in [1.165, 1.54) is 19.2 Å². The Morgan fingerprint density at radius 3 is 2.52 bits per heavy atom. The lowest BCUT2D eigenvalue weighted by Crippen LogP contribution is -2.33. The third kappa shape index (κ3) is 6.35. The largest absolute Gasteiger partial charge is 0.497 e. The molecule has 3 aromatic carbocycles. The molecule has 40 heavy (non-hydrogen) atoms. The standard InChI is InChI=1S/C29H30ClN5O4S/c1-35-14-6-7-19(18-35)15-27(36)20-8-5-9-22(16-20)40(37,38)34-29-28(31-24-10-3-4-11-25(24)32-29)33-26-17-21(39-2)12-13-23(26)30/h3-5,8-13,16-17,19H,6-7,14-15,18H2,1-2H3,(H,31,33)(H,32,34). The second kappa shape index (κ2) is 11.8. The predicted molar refractivity (Wildman–Crippen MR) is 157 cm³/mol. The average Bonchev–Trinajstić information content (AvgIpc) is 2.94. The Kier molecular flexibility index (Phi) is 8.20. The van der Waals surface area contributed by atoms with Gasteiger partial charge in [0.15, 0.2) is 17.4 Å². The van der Waals surface area contributed by atoms with E-state index in [0.717, 1.165) is 25.9 Å². The number of Topliss-reactive ketones (excluding diaryl/α,β-unsaturated/α-hetero) is 1. The van der Waals surface area contributed by atoms with Gasteiger partial charge in [0, 0.05) is 24.6 Å². The summed E-state index contributed by atoms with van der Waals surface area (Å²) >= 11 is 6.39. The van der Waals surface area contributed by atoms with Gasteiger partial charge in [0.2, 0.25) is 0 Å². The number of piperidine rings is 1. The molecule has 9 nitrogen and oxygen atoms in total. The fraction of sp³-hybridized carbons (Fsp3) is 0.276. The first kappa shape index (κ1) is 27.8. The van der Waals surface area contributed by atoms with Gasteiger partial charge < -0.3 is 15.0 Å². The molecule has 1 aliphatic rings. The van der Waals surface area contributed by atoms with Crippen molar-refractivity contribution in [3.05, 3.63) is 77.3 Å². The van der Waals surface area contributed by atoms with Gasteiger partial charge in [-0.1, -0.05) is 35.9 Å². The van der Waals surface area contributed by atoms with Gasteiger partial charge in [-0.2, -0.15) is 0 Å². The Balaban J connectivity index is 1.45. The molecule has 11 heteroatoms.